The summed E-state index contributed by atoms with van der Waals surface area (Å²) in [5.41, 5.74) is 2.57. The van der Waals surface area contributed by atoms with Crippen molar-refractivity contribution in [3.05, 3.63) is 113 Å². The van der Waals surface area contributed by atoms with E-state index in [0.717, 1.165) is 11.1 Å². The molecule has 0 aliphatic carbocycles. The maximum Gasteiger partial charge on any atom is 0.338 e. The Kier molecular flexibility index (Phi) is 10.5. The molecule has 1 aliphatic rings. The molecule has 3 aromatic carbocycles. The molecule has 1 aliphatic heterocycles. The van der Waals surface area contributed by atoms with Gasteiger partial charge in [0.15, 0.2) is 27.8 Å². The average Bonchev–Trinajstić information content (AvgIpc) is 3.34. The summed E-state index contributed by atoms with van der Waals surface area (Å²) in [7, 11) is 1.55. The molecule has 9 nitrogen and oxygen atoms in total. The van der Waals surface area contributed by atoms with Crippen LogP contribution in [0.5, 0.6) is 23.0 Å². The van der Waals surface area contributed by atoms with Crippen LogP contribution in [-0.2, 0) is 16.1 Å². The molecule has 0 amide bonds. The van der Waals surface area contributed by atoms with Crippen LogP contribution in [0.4, 0.5) is 0 Å². The van der Waals surface area contributed by atoms with Gasteiger partial charge >= 0.3 is 5.97 Å². The van der Waals surface area contributed by atoms with Gasteiger partial charge in [0, 0.05) is 16.1 Å². The highest BCUT2D eigenvalue weighted by Gasteiger charge is 2.36. The van der Waals surface area contributed by atoms with Gasteiger partial charge in [-0.15, -0.1) is 0 Å². The van der Waals surface area contributed by atoms with Crippen molar-refractivity contribution >= 4 is 35.0 Å². The molecule has 1 atom stereocenters. The Morgan fingerprint density at radius 3 is 2.46 bits per heavy atom. The Morgan fingerprint density at radius 2 is 1.74 bits per heavy atom. The van der Waals surface area contributed by atoms with Crippen LogP contribution < -0.4 is 33.8 Å². The van der Waals surface area contributed by atoms with E-state index >= 15 is 0 Å². The number of fused-ring (bicyclic) bond motifs is 1. The Balaban J connectivity index is 1.61. The number of benzene rings is 3. The lowest BCUT2D eigenvalue weighted by molar-refractivity contribution is -0.139. The molecule has 2 heterocycles. The van der Waals surface area contributed by atoms with Gasteiger partial charge in [0.2, 0.25) is 0 Å². The third-order valence-corrected chi connectivity index (χ3v) is 8.59. The van der Waals surface area contributed by atoms with Crippen molar-refractivity contribution in [2.75, 3.05) is 26.9 Å². The molecule has 240 valence electrons. The van der Waals surface area contributed by atoms with Gasteiger partial charge in [-0.1, -0.05) is 59.3 Å². The van der Waals surface area contributed by atoms with E-state index in [-0.39, 0.29) is 24.3 Å². The molecule has 0 N–H and O–H groups in total. The standard InChI is InChI=1S/C35H35ClN2O7S/c1-6-42-28-18-22(16-17-26(28)45-20-23-12-9-10-14-25(23)36)19-29-33(39)38-31(24-13-11-15-27(41-5)32(24)43-7-2)30(34(40)44-8-3)21(4)37-35(38)46-29/h9-19,31H,6-8,20H2,1-5H3/b29-19+/t31-/m0/s1. The number of thiazole rings is 1. The van der Waals surface area contributed by atoms with Crippen LogP contribution in [0.15, 0.2) is 81.7 Å². The molecule has 0 saturated heterocycles. The summed E-state index contributed by atoms with van der Waals surface area (Å²) in [6, 6.07) is 17.5. The highest BCUT2D eigenvalue weighted by molar-refractivity contribution is 7.07. The number of carbonyl (C=O) groups excluding carboxylic acids is 1. The minimum atomic E-state index is -0.853. The third-order valence-electron chi connectivity index (χ3n) is 7.24. The second kappa shape index (κ2) is 14.7. The molecule has 0 spiro atoms. The number of ether oxygens (including phenoxy) is 5. The summed E-state index contributed by atoms with van der Waals surface area (Å²) in [6.07, 6.45) is 1.78. The SMILES string of the molecule is CCOC(=O)C1=C(C)N=c2s/c(=C/c3ccc(OCc4ccccc4Cl)c(OCC)c3)c(=O)n2[C@H]1c1cccc(OC)c1OCC. The second-order valence-electron chi connectivity index (χ2n) is 10.1. The zero-order valence-electron chi connectivity index (χ0n) is 26.3. The van der Waals surface area contributed by atoms with E-state index in [4.69, 9.17) is 35.3 Å². The fraction of sp³-hybridized carbons (Fsp3) is 0.286. The summed E-state index contributed by atoms with van der Waals surface area (Å²) in [5.74, 6) is 1.46. The average molecular weight is 663 g/mol. The zero-order chi connectivity index (χ0) is 32.8. The van der Waals surface area contributed by atoms with E-state index in [0.29, 0.717) is 61.8 Å². The van der Waals surface area contributed by atoms with E-state index < -0.39 is 12.0 Å². The van der Waals surface area contributed by atoms with E-state index in [2.05, 4.69) is 4.99 Å². The number of halogens is 1. The Bertz CT molecular complexity index is 1960. The lowest BCUT2D eigenvalue weighted by Gasteiger charge is -2.26. The van der Waals surface area contributed by atoms with Crippen LogP contribution in [0.2, 0.25) is 5.02 Å². The zero-order valence-corrected chi connectivity index (χ0v) is 27.9. The lowest BCUT2D eigenvalue weighted by Crippen LogP contribution is -2.40. The summed E-state index contributed by atoms with van der Waals surface area (Å²) in [6.45, 7) is 8.45. The van der Waals surface area contributed by atoms with Crippen LogP contribution in [0.25, 0.3) is 6.08 Å². The monoisotopic (exact) mass is 662 g/mol. The summed E-state index contributed by atoms with van der Waals surface area (Å²) in [5, 5.41) is 0.620. The van der Waals surface area contributed by atoms with E-state index in [9.17, 15) is 9.59 Å². The second-order valence-corrected chi connectivity index (χ2v) is 11.5. The molecule has 0 unspecified atom stereocenters. The Labute approximate surface area is 275 Å². The van der Waals surface area contributed by atoms with Crippen LogP contribution in [0.3, 0.4) is 0 Å². The molecular weight excluding hydrogens is 628 g/mol. The van der Waals surface area contributed by atoms with Gasteiger partial charge in [0.25, 0.3) is 5.56 Å². The molecule has 11 heteroatoms. The highest BCUT2D eigenvalue weighted by atomic mass is 35.5. The normalized spacial score (nSPS) is 14.4. The first kappa shape index (κ1) is 32.8. The largest absolute Gasteiger partial charge is 0.493 e. The predicted molar refractivity (Wildman–Crippen MR) is 178 cm³/mol. The van der Waals surface area contributed by atoms with Crippen LogP contribution in [-0.4, -0.2) is 37.5 Å². The number of para-hydroxylation sites is 1. The number of hydrogen-bond donors (Lipinski definition) is 0. The van der Waals surface area contributed by atoms with Crippen molar-refractivity contribution in [3.63, 3.8) is 0 Å². The third kappa shape index (κ3) is 6.68. The van der Waals surface area contributed by atoms with Gasteiger partial charge in [0.1, 0.15) is 12.6 Å². The lowest BCUT2D eigenvalue weighted by atomic mass is 9.94. The van der Waals surface area contributed by atoms with Gasteiger partial charge in [-0.25, -0.2) is 9.79 Å². The van der Waals surface area contributed by atoms with E-state index in [1.807, 2.05) is 56.3 Å². The smallest absolute Gasteiger partial charge is 0.338 e. The molecular formula is C35H35ClN2O7S. The summed E-state index contributed by atoms with van der Waals surface area (Å²) >= 11 is 7.54. The van der Waals surface area contributed by atoms with Crippen molar-refractivity contribution in [1.82, 2.24) is 4.57 Å². The van der Waals surface area contributed by atoms with Crippen LogP contribution >= 0.6 is 22.9 Å². The minimum Gasteiger partial charge on any atom is -0.493 e. The molecule has 4 aromatic rings. The van der Waals surface area contributed by atoms with Crippen molar-refractivity contribution in [3.8, 4) is 23.0 Å². The molecule has 46 heavy (non-hydrogen) atoms. The van der Waals surface area contributed by atoms with Gasteiger partial charge in [-0.2, -0.15) is 0 Å². The number of esters is 1. The van der Waals surface area contributed by atoms with Crippen molar-refractivity contribution < 1.29 is 28.5 Å². The quantitative estimate of drug-likeness (QED) is 0.176. The van der Waals surface area contributed by atoms with Gasteiger partial charge in [-0.05, 0) is 63.6 Å². The number of hydrogen-bond acceptors (Lipinski definition) is 9. The first-order valence-corrected chi connectivity index (χ1v) is 16.1. The van der Waals surface area contributed by atoms with Crippen LogP contribution in [0, 0.1) is 0 Å². The van der Waals surface area contributed by atoms with Crippen molar-refractivity contribution in [2.24, 2.45) is 4.99 Å². The van der Waals surface area contributed by atoms with E-state index in [1.165, 1.54) is 15.9 Å². The maximum atomic E-state index is 14.2. The number of methoxy groups -OCH3 is 1. The number of carbonyl (C=O) groups is 1. The number of nitrogens with zero attached hydrogens (tertiary/aromatic N) is 2. The molecule has 1 aromatic heterocycles. The van der Waals surface area contributed by atoms with E-state index in [1.54, 1.807) is 45.2 Å². The highest BCUT2D eigenvalue weighted by Crippen LogP contribution is 2.41. The first-order valence-electron chi connectivity index (χ1n) is 14.9. The minimum absolute atomic E-state index is 0.170. The van der Waals surface area contributed by atoms with Gasteiger partial charge in [-0.3, -0.25) is 9.36 Å². The predicted octanol–water partition coefficient (Wildman–Crippen LogP) is 5.84. The van der Waals surface area contributed by atoms with Gasteiger partial charge < -0.3 is 23.7 Å². The fourth-order valence-corrected chi connectivity index (χ4v) is 6.45. The molecule has 0 radical (unpaired) electrons. The Morgan fingerprint density at radius 1 is 0.957 bits per heavy atom. The maximum absolute atomic E-state index is 14.2. The number of rotatable bonds is 12. The molecule has 0 saturated carbocycles. The first-order chi connectivity index (χ1) is 22.3. The topological polar surface area (TPSA) is 97.6 Å². The van der Waals surface area contributed by atoms with Crippen molar-refractivity contribution in [1.29, 1.82) is 0 Å². The molecule has 0 bridgehead atoms. The van der Waals surface area contributed by atoms with Gasteiger partial charge in [0.05, 0.1) is 42.7 Å². The summed E-state index contributed by atoms with van der Waals surface area (Å²) < 4.78 is 30.9. The number of aromatic nitrogens is 1. The van der Waals surface area contributed by atoms with Crippen molar-refractivity contribution in [2.45, 2.75) is 40.3 Å². The fourth-order valence-electron chi connectivity index (χ4n) is 5.22. The summed E-state index contributed by atoms with van der Waals surface area (Å²) in [4.78, 5) is 32.7. The molecule has 0 fully saturated rings. The van der Waals surface area contributed by atoms with Crippen LogP contribution in [0.1, 0.15) is 50.4 Å². The number of allylic oxidation sites excluding steroid dienone is 1. The molecule has 5 rings (SSSR count). The Hall–Kier alpha value is -4.54.